The molecular weight excluding hydrogens is 251 g/mol. The number of anilines is 1. The molecule has 0 aliphatic carbocycles. The Hall–Kier alpha value is -1.64. The number of hydrogen-bond donors (Lipinski definition) is 1. The topological polar surface area (TPSA) is 24.9 Å². The van der Waals surface area contributed by atoms with Crippen LogP contribution in [0.15, 0.2) is 12.1 Å². The molecule has 1 aromatic heterocycles. The zero-order valence-electron chi connectivity index (χ0n) is 13.0. The molecule has 0 fully saturated rings. The molecule has 1 N–H and O–H groups in total. The zero-order chi connectivity index (χ0) is 14.9. The SMILES string of the molecule is CCCNc1c(C(C)C)c(C)nc2c(F)ccc(C)c12. The predicted octanol–water partition coefficient (Wildman–Crippen LogP) is 4.94. The molecule has 2 nitrogen and oxygen atoms in total. The molecule has 0 atom stereocenters. The first-order valence-electron chi connectivity index (χ1n) is 7.30. The normalized spacial score (nSPS) is 11.3. The summed E-state index contributed by atoms with van der Waals surface area (Å²) >= 11 is 0. The summed E-state index contributed by atoms with van der Waals surface area (Å²) in [5, 5.41) is 4.41. The minimum Gasteiger partial charge on any atom is -0.384 e. The highest BCUT2D eigenvalue weighted by Gasteiger charge is 2.18. The average Bonchev–Trinajstić information content (AvgIpc) is 2.39. The predicted molar refractivity (Wildman–Crippen MR) is 84.0 cm³/mol. The first kappa shape index (κ1) is 14.8. The van der Waals surface area contributed by atoms with Gasteiger partial charge in [0.25, 0.3) is 0 Å². The van der Waals surface area contributed by atoms with Gasteiger partial charge in [0, 0.05) is 23.3 Å². The minimum absolute atomic E-state index is 0.247. The third kappa shape index (κ3) is 2.49. The zero-order valence-corrected chi connectivity index (χ0v) is 13.0. The molecule has 0 bridgehead atoms. The number of aryl methyl sites for hydroxylation is 2. The van der Waals surface area contributed by atoms with Crippen LogP contribution in [0.5, 0.6) is 0 Å². The van der Waals surface area contributed by atoms with Crippen molar-refractivity contribution < 1.29 is 4.39 Å². The van der Waals surface area contributed by atoms with Gasteiger partial charge in [-0.05, 0) is 43.4 Å². The minimum atomic E-state index is -0.247. The van der Waals surface area contributed by atoms with Gasteiger partial charge in [0.15, 0.2) is 0 Å². The van der Waals surface area contributed by atoms with E-state index in [2.05, 4.69) is 31.1 Å². The van der Waals surface area contributed by atoms with Gasteiger partial charge in [-0.1, -0.05) is 26.8 Å². The number of hydrogen-bond acceptors (Lipinski definition) is 2. The Kier molecular flexibility index (Phi) is 4.26. The highest BCUT2D eigenvalue weighted by atomic mass is 19.1. The fraction of sp³-hybridized carbons (Fsp3) is 0.471. The van der Waals surface area contributed by atoms with E-state index in [4.69, 9.17) is 0 Å². The third-order valence-corrected chi connectivity index (χ3v) is 3.65. The van der Waals surface area contributed by atoms with Crippen LogP contribution in [0.25, 0.3) is 10.9 Å². The number of benzene rings is 1. The van der Waals surface area contributed by atoms with E-state index in [1.165, 1.54) is 11.6 Å². The number of nitrogens with one attached hydrogen (secondary N) is 1. The van der Waals surface area contributed by atoms with Gasteiger partial charge >= 0.3 is 0 Å². The molecule has 0 spiro atoms. The van der Waals surface area contributed by atoms with Crippen molar-refractivity contribution >= 4 is 16.6 Å². The standard InChI is InChI=1S/C17H23FN2/c1-6-9-19-17-14(10(2)3)12(5)20-16-13(18)8-7-11(4)15(16)17/h7-8,10H,6,9H2,1-5H3,(H,19,20). The Morgan fingerprint density at radius 2 is 1.95 bits per heavy atom. The van der Waals surface area contributed by atoms with Crippen LogP contribution in [0.4, 0.5) is 10.1 Å². The van der Waals surface area contributed by atoms with E-state index >= 15 is 0 Å². The van der Waals surface area contributed by atoms with Gasteiger partial charge < -0.3 is 5.32 Å². The molecule has 0 saturated heterocycles. The third-order valence-electron chi connectivity index (χ3n) is 3.65. The summed E-state index contributed by atoms with van der Waals surface area (Å²) in [5.41, 5.74) is 4.71. The average molecular weight is 274 g/mol. The molecule has 0 unspecified atom stereocenters. The van der Waals surface area contributed by atoms with Crippen molar-refractivity contribution in [2.75, 3.05) is 11.9 Å². The quantitative estimate of drug-likeness (QED) is 0.854. The Balaban J connectivity index is 2.84. The van der Waals surface area contributed by atoms with Gasteiger partial charge in [0.1, 0.15) is 11.3 Å². The van der Waals surface area contributed by atoms with Crippen molar-refractivity contribution in [3.8, 4) is 0 Å². The summed E-state index contributed by atoms with van der Waals surface area (Å²) < 4.78 is 14.1. The summed E-state index contributed by atoms with van der Waals surface area (Å²) in [6.07, 6.45) is 1.04. The van der Waals surface area contributed by atoms with Crippen molar-refractivity contribution in [2.24, 2.45) is 0 Å². The Morgan fingerprint density at radius 1 is 1.25 bits per heavy atom. The van der Waals surface area contributed by atoms with Gasteiger partial charge in [-0.15, -0.1) is 0 Å². The van der Waals surface area contributed by atoms with Crippen molar-refractivity contribution in [1.82, 2.24) is 4.98 Å². The van der Waals surface area contributed by atoms with E-state index in [-0.39, 0.29) is 5.82 Å². The molecule has 20 heavy (non-hydrogen) atoms. The Labute approximate surface area is 120 Å². The van der Waals surface area contributed by atoms with E-state index in [1.807, 2.05) is 19.9 Å². The Bertz CT molecular complexity index is 633. The van der Waals surface area contributed by atoms with E-state index in [9.17, 15) is 4.39 Å². The van der Waals surface area contributed by atoms with Crippen LogP contribution < -0.4 is 5.32 Å². The van der Waals surface area contributed by atoms with Gasteiger partial charge in [-0.2, -0.15) is 0 Å². The van der Waals surface area contributed by atoms with E-state index in [0.29, 0.717) is 11.4 Å². The highest BCUT2D eigenvalue weighted by molar-refractivity contribution is 5.96. The van der Waals surface area contributed by atoms with Gasteiger partial charge in [-0.3, -0.25) is 0 Å². The molecule has 0 radical (unpaired) electrons. The van der Waals surface area contributed by atoms with Crippen LogP contribution in [0.3, 0.4) is 0 Å². The van der Waals surface area contributed by atoms with Crippen molar-refractivity contribution in [3.05, 3.63) is 34.8 Å². The first-order valence-corrected chi connectivity index (χ1v) is 7.30. The molecule has 1 aromatic carbocycles. The van der Waals surface area contributed by atoms with E-state index in [0.717, 1.165) is 35.3 Å². The summed E-state index contributed by atoms with van der Waals surface area (Å²) in [6.45, 7) is 11.3. The summed E-state index contributed by atoms with van der Waals surface area (Å²) in [7, 11) is 0. The summed E-state index contributed by atoms with van der Waals surface area (Å²) in [5.74, 6) is 0.109. The van der Waals surface area contributed by atoms with Crippen molar-refractivity contribution in [2.45, 2.75) is 47.0 Å². The number of fused-ring (bicyclic) bond motifs is 1. The second-order valence-corrected chi connectivity index (χ2v) is 5.66. The molecular formula is C17H23FN2. The maximum Gasteiger partial charge on any atom is 0.149 e. The number of halogens is 1. The molecule has 0 amide bonds. The fourth-order valence-corrected chi connectivity index (χ4v) is 2.78. The van der Waals surface area contributed by atoms with Crippen molar-refractivity contribution in [1.29, 1.82) is 0 Å². The monoisotopic (exact) mass is 274 g/mol. The molecule has 2 aromatic rings. The molecule has 0 aliphatic heterocycles. The lowest BCUT2D eigenvalue weighted by Crippen LogP contribution is -2.09. The lowest BCUT2D eigenvalue weighted by molar-refractivity contribution is 0.636. The van der Waals surface area contributed by atoms with E-state index < -0.39 is 0 Å². The lowest BCUT2D eigenvalue weighted by atomic mass is 9.94. The molecule has 1 heterocycles. The van der Waals surface area contributed by atoms with Crippen LogP contribution in [0.2, 0.25) is 0 Å². The van der Waals surface area contributed by atoms with Gasteiger partial charge in [0.05, 0.1) is 0 Å². The van der Waals surface area contributed by atoms with Crippen LogP contribution in [-0.4, -0.2) is 11.5 Å². The van der Waals surface area contributed by atoms with Crippen LogP contribution >= 0.6 is 0 Å². The molecule has 3 heteroatoms. The second-order valence-electron chi connectivity index (χ2n) is 5.66. The van der Waals surface area contributed by atoms with Crippen molar-refractivity contribution in [3.63, 3.8) is 0 Å². The number of aromatic nitrogens is 1. The first-order chi connectivity index (χ1) is 9.47. The number of nitrogens with zero attached hydrogens (tertiary/aromatic N) is 1. The maximum atomic E-state index is 14.1. The molecule has 0 saturated carbocycles. The van der Waals surface area contributed by atoms with Gasteiger partial charge in [-0.25, -0.2) is 9.37 Å². The largest absolute Gasteiger partial charge is 0.384 e. The van der Waals surface area contributed by atoms with Gasteiger partial charge in [0.2, 0.25) is 0 Å². The van der Waals surface area contributed by atoms with Crippen LogP contribution in [0.1, 0.15) is 49.9 Å². The second kappa shape index (κ2) is 5.78. The molecule has 2 rings (SSSR count). The molecule has 108 valence electrons. The summed E-state index contributed by atoms with van der Waals surface area (Å²) in [6, 6.07) is 3.33. The maximum absolute atomic E-state index is 14.1. The number of rotatable bonds is 4. The fourth-order valence-electron chi connectivity index (χ4n) is 2.78. The summed E-state index contributed by atoms with van der Waals surface area (Å²) in [4.78, 5) is 4.51. The van der Waals surface area contributed by atoms with Crippen LogP contribution in [0, 0.1) is 19.7 Å². The highest BCUT2D eigenvalue weighted by Crippen LogP contribution is 2.36. The number of pyridine rings is 1. The molecule has 0 aliphatic rings. The smallest absolute Gasteiger partial charge is 0.149 e. The van der Waals surface area contributed by atoms with Crippen LogP contribution in [-0.2, 0) is 0 Å². The Morgan fingerprint density at radius 3 is 2.55 bits per heavy atom. The van der Waals surface area contributed by atoms with E-state index in [1.54, 1.807) is 0 Å². The lowest BCUT2D eigenvalue weighted by Gasteiger charge is -2.20.